The first-order valence-corrected chi connectivity index (χ1v) is 10.4. The Morgan fingerprint density at radius 3 is 2.33 bits per heavy atom. The molecule has 1 heterocycles. The molecule has 0 spiro atoms. The number of nitrogens with zero attached hydrogens (tertiary/aromatic N) is 2. The van der Waals surface area contributed by atoms with Crippen LogP contribution in [0.1, 0.15) is 21.6 Å². The molecule has 8 nitrogen and oxygen atoms in total. The summed E-state index contributed by atoms with van der Waals surface area (Å²) in [6.07, 6.45) is 1.69. The number of ether oxygens (including phenoxy) is 3. The number of rotatable bonds is 7. The summed E-state index contributed by atoms with van der Waals surface area (Å²) in [4.78, 5) is 21.9. The Kier molecular flexibility index (Phi) is 8.10. The average molecular weight is 469 g/mol. The van der Waals surface area contributed by atoms with Crippen LogP contribution in [0.4, 0.5) is 5.69 Å². The third kappa shape index (κ3) is 6.14. The number of amides is 1. The Hall–Kier alpha value is -3.78. The summed E-state index contributed by atoms with van der Waals surface area (Å²) in [7, 11) is 4.47. The van der Waals surface area contributed by atoms with Crippen molar-refractivity contribution in [1.82, 2.24) is 10.3 Å². The van der Waals surface area contributed by atoms with Crippen LogP contribution in [0.3, 0.4) is 0 Å². The molecule has 0 aliphatic carbocycles. The van der Waals surface area contributed by atoms with Gasteiger partial charge in [0.1, 0.15) is 0 Å². The van der Waals surface area contributed by atoms with E-state index in [9.17, 15) is 4.79 Å². The van der Waals surface area contributed by atoms with Gasteiger partial charge in [0.2, 0.25) is 11.7 Å². The van der Waals surface area contributed by atoms with Gasteiger partial charge in [0.25, 0.3) is 5.91 Å². The summed E-state index contributed by atoms with van der Waals surface area (Å²) in [5, 5.41) is 6.52. The number of nitrogens with one attached hydrogen (secondary N) is 2. The Bertz CT molecular complexity index is 1130. The van der Waals surface area contributed by atoms with Gasteiger partial charge in [-0.2, -0.15) is 0 Å². The highest BCUT2D eigenvalue weighted by Gasteiger charge is 2.18. The van der Waals surface area contributed by atoms with E-state index in [0.29, 0.717) is 33.5 Å². The molecule has 3 rings (SSSR count). The van der Waals surface area contributed by atoms with Crippen LogP contribution in [0.15, 0.2) is 59.7 Å². The van der Waals surface area contributed by atoms with Crippen LogP contribution in [0.5, 0.6) is 17.2 Å². The van der Waals surface area contributed by atoms with Gasteiger partial charge in [-0.1, -0.05) is 23.7 Å². The smallest absolute Gasteiger partial charge is 0.258 e. The van der Waals surface area contributed by atoms with E-state index < -0.39 is 5.91 Å². The van der Waals surface area contributed by atoms with E-state index in [1.54, 1.807) is 24.4 Å². The van der Waals surface area contributed by atoms with E-state index in [1.165, 1.54) is 21.3 Å². The van der Waals surface area contributed by atoms with Gasteiger partial charge < -0.3 is 19.5 Å². The summed E-state index contributed by atoms with van der Waals surface area (Å²) in [5.41, 5.74) is 2.67. The van der Waals surface area contributed by atoms with Crippen molar-refractivity contribution < 1.29 is 19.0 Å². The topological polar surface area (TPSA) is 94.1 Å². The number of anilines is 1. The lowest BCUT2D eigenvalue weighted by molar-refractivity contribution is 0.0976. The molecule has 1 aromatic heterocycles. The van der Waals surface area contributed by atoms with Gasteiger partial charge in [-0.15, -0.1) is 0 Å². The number of guanidine groups is 1. The lowest BCUT2D eigenvalue weighted by Gasteiger charge is -2.15. The number of methoxy groups -OCH3 is 3. The third-order valence-corrected chi connectivity index (χ3v) is 5.13. The number of carbonyl (C=O) groups is 1. The summed E-state index contributed by atoms with van der Waals surface area (Å²) >= 11 is 6.25. The first kappa shape index (κ1) is 23.9. The SMILES string of the molecule is COc1cc(C(=O)NC(=NCc2ccccn2)Nc2ccc(C)c(Cl)c2)cc(OC)c1OC. The number of carbonyl (C=O) groups excluding carboxylic acids is 1. The molecule has 0 unspecified atom stereocenters. The second-order valence-corrected chi connectivity index (χ2v) is 7.35. The number of halogens is 1. The predicted octanol–water partition coefficient (Wildman–Crippen LogP) is 4.47. The molecule has 172 valence electrons. The van der Waals surface area contributed by atoms with Gasteiger partial charge in [-0.25, -0.2) is 4.99 Å². The standard InChI is InChI=1S/C24H25ClN4O4/c1-15-8-9-17(13-19(15)25)28-24(27-14-18-7-5-6-10-26-18)29-23(30)16-11-20(31-2)22(33-4)21(12-16)32-3/h5-13H,14H2,1-4H3,(H2,27,28,29,30). The van der Waals surface area contributed by atoms with Gasteiger partial charge in [-0.3, -0.25) is 15.1 Å². The van der Waals surface area contributed by atoms with Crippen molar-refractivity contribution >= 4 is 29.2 Å². The molecule has 0 bridgehead atoms. The molecular weight excluding hydrogens is 444 g/mol. The maximum atomic E-state index is 13.1. The molecule has 0 aliphatic rings. The van der Waals surface area contributed by atoms with Crippen LogP contribution in [0, 0.1) is 6.92 Å². The third-order valence-electron chi connectivity index (χ3n) is 4.72. The van der Waals surface area contributed by atoms with Gasteiger partial charge in [0.05, 0.1) is 33.6 Å². The molecule has 0 radical (unpaired) electrons. The van der Waals surface area contributed by atoms with Gasteiger partial charge in [0.15, 0.2) is 11.5 Å². The van der Waals surface area contributed by atoms with Crippen molar-refractivity contribution in [3.8, 4) is 17.2 Å². The number of benzene rings is 2. The highest BCUT2D eigenvalue weighted by Crippen LogP contribution is 2.38. The zero-order valence-corrected chi connectivity index (χ0v) is 19.6. The van der Waals surface area contributed by atoms with E-state index in [0.717, 1.165) is 11.3 Å². The first-order chi connectivity index (χ1) is 15.9. The van der Waals surface area contributed by atoms with Crippen LogP contribution < -0.4 is 24.8 Å². The summed E-state index contributed by atoms with van der Waals surface area (Å²) in [5.74, 6) is 0.951. The fourth-order valence-electron chi connectivity index (χ4n) is 2.96. The molecule has 0 fully saturated rings. The summed E-state index contributed by atoms with van der Waals surface area (Å²) in [6, 6.07) is 14.2. The molecule has 0 atom stereocenters. The zero-order valence-electron chi connectivity index (χ0n) is 18.8. The van der Waals surface area contributed by atoms with Crippen LogP contribution in [-0.2, 0) is 6.54 Å². The summed E-state index contributed by atoms with van der Waals surface area (Å²) in [6.45, 7) is 2.17. The van der Waals surface area contributed by atoms with Crippen molar-refractivity contribution in [2.75, 3.05) is 26.6 Å². The first-order valence-electron chi connectivity index (χ1n) is 10.0. The monoisotopic (exact) mass is 468 g/mol. The van der Waals surface area contributed by atoms with Gasteiger partial charge in [-0.05, 0) is 48.9 Å². The van der Waals surface area contributed by atoms with Crippen LogP contribution in [0.2, 0.25) is 5.02 Å². The van der Waals surface area contributed by atoms with Gasteiger partial charge >= 0.3 is 0 Å². The van der Waals surface area contributed by atoms with Crippen LogP contribution >= 0.6 is 11.6 Å². The fourth-order valence-corrected chi connectivity index (χ4v) is 3.14. The number of aromatic nitrogens is 1. The number of hydrogen-bond donors (Lipinski definition) is 2. The van der Waals surface area contributed by atoms with E-state index in [2.05, 4.69) is 20.6 Å². The van der Waals surface area contributed by atoms with Crippen molar-refractivity contribution in [2.45, 2.75) is 13.5 Å². The van der Waals surface area contributed by atoms with Gasteiger partial charge in [0, 0.05) is 22.5 Å². The number of hydrogen-bond acceptors (Lipinski definition) is 6. The Balaban J connectivity index is 1.90. The Morgan fingerprint density at radius 1 is 1.03 bits per heavy atom. The maximum absolute atomic E-state index is 13.1. The molecule has 9 heteroatoms. The van der Waals surface area contributed by atoms with E-state index >= 15 is 0 Å². The fraction of sp³-hybridized carbons (Fsp3) is 0.208. The minimum atomic E-state index is -0.417. The largest absolute Gasteiger partial charge is 0.493 e. The molecule has 0 aliphatic heterocycles. The highest BCUT2D eigenvalue weighted by molar-refractivity contribution is 6.31. The Labute approximate surface area is 197 Å². The van der Waals surface area contributed by atoms with E-state index in [1.807, 2.05) is 37.3 Å². The molecule has 3 aromatic rings. The van der Waals surface area contributed by atoms with Crippen molar-refractivity contribution in [3.63, 3.8) is 0 Å². The molecular formula is C24H25ClN4O4. The number of aliphatic imine (C=N–C) groups is 1. The lowest BCUT2D eigenvalue weighted by Crippen LogP contribution is -2.36. The van der Waals surface area contributed by atoms with E-state index in [-0.39, 0.29) is 12.5 Å². The molecule has 1 amide bonds. The highest BCUT2D eigenvalue weighted by atomic mass is 35.5. The Morgan fingerprint density at radius 2 is 1.76 bits per heavy atom. The second-order valence-electron chi connectivity index (χ2n) is 6.94. The van der Waals surface area contributed by atoms with Crippen molar-refractivity contribution in [1.29, 1.82) is 0 Å². The molecule has 2 N–H and O–H groups in total. The minimum absolute atomic E-state index is 0.235. The lowest BCUT2D eigenvalue weighted by atomic mass is 10.1. The zero-order chi connectivity index (χ0) is 23.8. The maximum Gasteiger partial charge on any atom is 0.258 e. The average Bonchev–Trinajstić information content (AvgIpc) is 2.84. The normalized spacial score (nSPS) is 11.0. The van der Waals surface area contributed by atoms with Crippen molar-refractivity contribution in [3.05, 3.63) is 76.6 Å². The second kappa shape index (κ2) is 11.2. The molecule has 0 saturated heterocycles. The number of pyridine rings is 1. The molecule has 33 heavy (non-hydrogen) atoms. The van der Waals surface area contributed by atoms with Crippen molar-refractivity contribution in [2.24, 2.45) is 4.99 Å². The quantitative estimate of drug-likeness (QED) is 0.392. The van der Waals surface area contributed by atoms with Crippen LogP contribution in [-0.4, -0.2) is 38.2 Å². The molecule has 2 aromatic carbocycles. The molecule has 0 saturated carbocycles. The summed E-state index contributed by atoms with van der Waals surface area (Å²) < 4.78 is 16.0. The number of aryl methyl sites for hydroxylation is 1. The minimum Gasteiger partial charge on any atom is -0.493 e. The van der Waals surface area contributed by atoms with Crippen LogP contribution in [0.25, 0.3) is 0 Å². The van der Waals surface area contributed by atoms with E-state index in [4.69, 9.17) is 25.8 Å². The predicted molar refractivity (Wildman–Crippen MR) is 129 cm³/mol.